The molecule has 1 aliphatic carbocycles. The Labute approximate surface area is 112 Å². The smallest absolute Gasteiger partial charge is 0.303 e. The zero-order valence-electron chi connectivity index (χ0n) is 11.2. The van der Waals surface area contributed by atoms with Crippen LogP contribution in [0.3, 0.4) is 0 Å². The Hall–Kier alpha value is -1.84. The lowest BCUT2D eigenvalue weighted by molar-refractivity contribution is -0.166. The van der Waals surface area contributed by atoms with Crippen molar-refractivity contribution in [2.45, 2.75) is 45.3 Å². The minimum Gasteiger partial charge on any atom is -0.458 e. The second kappa shape index (κ2) is 5.87. The van der Waals surface area contributed by atoms with Crippen LogP contribution in [-0.2, 0) is 25.5 Å². The number of esters is 2. The number of ether oxygens (including phenoxy) is 2. The summed E-state index contributed by atoms with van der Waals surface area (Å²) < 4.78 is 10.7. The molecule has 1 aliphatic rings. The summed E-state index contributed by atoms with van der Waals surface area (Å²) in [4.78, 5) is 22.5. The van der Waals surface area contributed by atoms with Gasteiger partial charge in [-0.05, 0) is 30.4 Å². The number of fused-ring (bicyclic) bond motifs is 1. The van der Waals surface area contributed by atoms with Crippen LogP contribution in [0.25, 0.3) is 0 Å². The summed E-state index contributed by atoms with van der Waals surface area (Å²) in [7, 11) is 0. The van der Waals surface area contributed by atoms with E-state index in [1.807, 2.05) is 24.3 Å². The molecule has 0 spiro atoms. The highest BCUT2D eigenvalue weighted by molar-refractivity contribution is 5.67. The summed E-state index contributed by atoms with van der Waals surface area (Å²) in [5.74, 6) is -0.708. The van der Waals surface area contributed by atoms with Gasteiger partial charge in [-0.3, -0.25) is 9.59 Å². The number of carbonyl (C=O) groups excluding carboxylic acids is 2. The topological polar surface area (TPSA) is 52.6 Å². The van der Waals surface area contributed by atoms with Crippen molar-refractivity contribution in [2.75, 3.05) is 0 Å². The highest BCUT2D eigenvalue weighted by Crippen LogP contribution is 2.33. The van der Waals surface area contributed by atoms with Crippen LogP contribution < -0.4 is 0 Å². The van der Waals surface area contributed by atoms with Gasteiger partial charge in [-0.1, -0.05) is 24.3 Å². The summed E-state index contributed by atoms with van der Waals surface area (Å²) >= 11 is 0. The van der Waals surface area contributed by atoms with Gasteiger partial charge < -0.3 is 9.47 Å². The van der Waals surface area contributed by atoms with E-state index < -0.39 is 12.2 Å². The van der Waals surface area contributed by atoms with Crippen LogP contribution in [-0.4, -0.2) is 18.0 Å². The summed E-state index contributed by atoms with van der Waals surface area (Å²) in [6.45, 7) is 2.75. The fourth-order valence-electron chi connectivity index (χ4n) is 2.54. The van der Waals surface area contributed by atoms with E-state index in [4.69, 9.17) is 9.47 Å². The van der Waals surface area contributed by atoms with Crippen LogP contribution in [0, 0.1) is 0 Å². The van der Waals surface area contributed by atoms with Crippen LogP contribution in [0.1, 0.15) is 43.9 Å². The number of benzene rings is 1. The van der Waals surface area contributed by atoms with Crippen LogP contribution in [0.5, 0.6) is 0 Å². The van der Waals surface area contributed by atoms with Gasteiger partial charge in [0.15, 0.2) is 6.10 Å². The summed E-state index contributed by atoms with van der Waals surface area (Å²) in [5.41, 5.74) is 2.10. The minimum atomic E-state index is -0.500. The van der Waals surface area contributed by atoms with Gasteiger partial charge in [0.1, 0.15) is 6.10 Å². The molecule has 0 fully saturated rings. The maximum Gasteiger partial charge on any atom is 0.303 e. The van der Waals surface area contributed by atoms with E-state index in [-0.39, 0.29) is 11.9 Å². The van der Waals surface area contributed by atoms with Crippen molar-refractivity contribution in [1.82, 2.24) is 0 Å². The zero-order valence-corrected chi connectivity index (χ0v) is 11.2. The third-order valence-corrected chi connectivity index (χ3v) is 3.24. The Morgan fingerprint density at radius 2 is 1.79 bits per heavy atom. The first-order valence-electron chi connectivity index (χ1n) is 6.50. The molecule has 19 heavy (non-hydrogen) atoms. The summed E-state index contributed by atoms with van der Waals surface area (Å²) in [6.07, 6.45) is 1.62. The van der Waals surface area contributed by atoms with E-state index in [9.17, 15) is 9.59 Å². The van der Waals surface area contributed by atoms with Crippen molar-refractivity contribution in [3.63, 3.8) is 0 Å². The quantitative estimate of drug-likeness (QED) is 0.607. The Balaban J connectivity index is 2.35. The Bertz CT molecular complexity index is 481. The van der Waals surface area contributed by atoms with E-state index in [1.54, 1.807) is 0 Å². The van der Waals surface area contributed by atoms with Crippen LogP contribution >= 0.6 is 0 Å². The Morgan fingerprint density at radius 3 is 2.47 bits per heavy atom. The molecular formula is C15H18O4. The molecule has 1 aromatic carbocycles. The minimum absolute atomic E-state index is 0.346. The lowest BCUT2D eigenvalue weighted by atomic mass is 10.00. The normalized spacial score (nSPS) is 22.0. The number of hydrogen-bond donors (Lipinski definition) is 0. The maximum absolute atomic E-state index is 11.3. The SMILES string of the molecule is CC(=O)O[C@H]1CCCc2ccccc2[C@@H]1OC(C)=O. The molecule has 2 atom stereocenters. The van der Waals surface area contributed by atoms with Gasteiger partial charge in [-0.15, -0.1) is 0 Å². The predicted molar refractivity (Wildman–Crippen MR) is 69.4 cm³/mol. The number of aryl methyl sites for hydroxylation is 1. The maximum atomic E-state index is 11.3. The highest BCUT2D eigenvalue weighted by atomic mass is 16.6. The number of rotatable bonds is 2. The average Bonchev–Trinajstić information content (AvgIpc) is 2.49. The fraction of sp³-hybridized carbons (Fsp3) is 0.467. The lowest BCUT2D eigenvalue weighted by Crippen LogP contribution is -2.27. The molecule has 0 bridgehead atoms. The summed E-state index contributed by atoms with van der Waals surface area (Å²) in [5, 5.41) is 0. The van der Waals surface area contributed by atoms with E-state index in [2.05, 4.69) is 0 Å². The second-order valence-electron chi connectivity index (χ2n) is 4.77. The largest absolute Gasteiger partial charge is 0.458 e. The molecule has 4 heteroatoms. The van der Waals surface area contributed by atoms with Crippen molar-refractivity contribution in [1.29, 1.82) is 0 Å². The molecule has 2 rings (SSSR count). The standard InChI is InChI=1S/C15H18O4/c1-10(16)18-14-9-5-7-12-6-3-4-8-13(12)15(14)19-11(2)17/h3-4,6,8,14-15H,5,7,9H2,1-2H3/t14-,15-/m0/s1. The van der Waals surface area contributed by atoms with E-state index in [1.165, 1.54) is 13.8 Å². The van der Waals surface area contributed by atoms with Crippen molar-refractivity contribution in [3.05, 3.63) is 35.4 Å². The second-order valence-corrected chi connectivity index (χ2v) is 4.77. The molecule has 0 N–H and O–H groups in total. The third-order valence-electron chi connectivity index (χ3n) is 3.24. The first kappa shape index (κ1) is 13.6. The first-order valence-corrected chi connectivity index (χ1v) is 6.50. The Morgan fingerprint density at radius 1 is 1.11 bits per heavy atom. The Kier molecular flexibility index (Phi) is 4.20. The fourth-order valence-corrected chi connectivity index (χ4v) is 2.54. The van der Waals surface area contributed by atoms with Gasteiger partial charge in [0.25, 0.3) is 0 Å². The van der Waals surface area contributed by atoms with Gasteiger partial charge in [-0.25, -0.2) is 0 Å². The highest BCUT2D eigenvalue weighted by Gasteiger charge is 2.32. The van der Waals surface area contributed by atoms with Crippen LogP contribution in [0.15, 0.2) is 24.3 Å². The molecule has 0 amide bonds. The molecule has 0 unspecified atom stereocenters. The van der Waals surface area contributed by atoms with Gasteiger partial charge in [0, 0.05) is 13.8 Å². The van der Waals surface area contributed by atoms with Crippen molar-refractivity contribution in [2.24, 2.45) is 0 Å². The predicted octanol–water partition coefficient (Wildman–Crippen LogP) is 2.56. The first-order chi connectivity index (χ1) is 9.08. The molecule has 0 saturated carbocycles. The molecule has 0 aromatic heterocycles. The summed E-state index contributed by atoms with van der Waals surface area (Å²) in [6, 6.07) is 7.84. The molecule has 0 aliphatic heterocycles. The third kappa shape index (κ3) is 3.34. The average molecular weight is 262 g/mol. The molecule has 4 nitrogen and oxygen atoms in total. The molecule has 0 heterocycles. The van der Waals surface area contributed by atoms with Gasteiger partial charge >= 0.3 is 11.9 Å². The van der Waals surface area contributed by atoms with Gasteiger partial charge in [-0.2, -0.15) is 0 Å². The molecular weight excluding hydrogens is 244 g/mol. The van der Waals surface area contributed by atoms with E-state index in [0.29, 0.717) is 6.42 Å². The van der Waals surface area contributed by atoms with Crippen molar-refractivity contribution < 1.29 is 19.1 Å². The number of hydrogen-bond acceptors (Lipinski definition) is 4. The van der Waals surface area contributed by atoms with E-state index >= 15 is 0 Å². The monoisotopic (exact) mass is 262 g/mol. The molecule has 1 aromatic rings. The van der Waals surface area contributed by atoms with Crippen LogP contribution in [0.4, 0.5) is 0 Å². The molecule has 102 valence electrons. The van der Waals surface area contributed by atoms with E-state index in [0.717, 1.165) is 24.0 Å². The lowest BCUT2D eigenvalue weighted by Gasteiger charge is -2.25. The molecule has 0 radical (unpaired) electrons. The zero-order chi connectivity index (χ0) is 13.8. The van der Waals surface area contributed by atoms with Crippen LogP contribution in [0.2, 0.25) is 0 Å². The van der Waals surface area contributed by atoms with Gasteiger partial charge in [0.2, 0.25) is 0 Å². The van der Waals surface area contributed by atoms with Gasteiger partial charge in [0.05, 0.1) is 0 Å². The number of carbonyl (C=O) groups is 2. The van der Waals surface area contributed by atoms with Crippen molar-refractivity contribution in [3.8, 4) is 0 Å². The van der Waals surface area contributed by atoms with Crippen molar-refractivity contribution >= 4 is 11.9 Å². The molecule has 0 saturated heterocycles.